The van der Waals surface area contributed by atoms with E-state index in [0.29, 0.717) is 0 Å². The summed E-state index contributed by atoms with van der Waals surface area (Å²) in [6, 6.07) is 24.7. The number of hydrogen-bond acceptors (Lipinski definition) is 6. The third kappa shape index (κ3) is 4.67. The van der Waals surface area contributed by atoms with Crippen molar-refractivity contribution < 1.29 is 0 Å². The van der Waals surface area contributed by atoms with Crippen molar-refractivity contribution in [2.75, 3.05) is 37.0 Å². The summed E-state index contributed by atoms with van der Waals surface area (Å²) in [5.41, 5.74) is 8.10. The molecule has 6 heteroatoms. The molecule has 1 heterocycles. The van der Waals surface area contributed by atoms with Crippen molar-refractivity contribution in [2.24, 2.45) is 15.2 Å². The molecule has 0 spiro atoms. The zero-order chi connectivity index (χ0) is 25.1. The molecule has 182 valence electrons. The number of fused-ring (bicyclic) bond motifs is 2. The largest absolute Gasteiger partial charge is 0.378 e. The van der Waals surface area contributed by atoms with Gasteiger partial charge in [0, 0.05) is 44.3 Å². The van der Waals surface area contributed by atoms with Crippen LogP contribution in [0.5, 0.6) is 0 Å². The first-order valence-electron chi connectivity index (χ1n) is 12.5. The molecule has 1 aliphatic carbocycles. The molecular weight excluding hydrogens is 444 g/mol. The van der Waals surface area contributed by atoms with Gasteiger partial charge in [0.05, 0.1) is 34.5 Å². The Labute approximate surface area is 213 Å². The third-order valence-corrected chi connectivity index (χ3v) is 6.61. The average Bonchev–Trinajstić information content (AvgIpc) is 2.92. The third-order valence-electron chi connectivity index (χ3n) is 6.61. The minimum Gasteiger partial charge on any atom is -0.378 e. The minimum atomic E-state index is 0.00580. The van der Waals surface area contributed by atoms with Crippen molar-refractivity contribution in [3.63, 3.8) is 0 Å². The summed E-state index contributed by atoms with van der Waals surface area (Å²) in [5.74, 6) is 0. The first-order valence-corrected chi connectivity index (χ1v) is 12.5. The Bertz CT molecular complexity index is 1330. The van der Waals surface area contributed by atoms with Crippen LogP contribution in [0.3, 0.4) is 0 Å². The lowest BCUT2D eigenvalue weighted by molar-refractivity contribution is 0.392. The number of para-hydroxylation sites is 1. The Balaban J connectivity index is 1.53. The molecule has 1 aliphatic heterocycles. The SMILES string of the molecule is CCN(CC)C1=CC2C(=Nc3ccc(N=Nc4ccc(N(C)C)cc4)cc3N2c2ccccc2)C=C1. The number of anilines is 3. The fourth-order valence-corrected chi connectivity index (χ4v) is 4.65. The van der Waals surface area contributed by atoms with E-state index in [1.165, 1.54) is 5.70 Å². The van der Waals surface area contributed by atoms with E-state index in [0.717, 1.165) is 52.9 Å². The molecule has 0 fully saturated rings. The second-order valence-electron chi connectivity index (χ2n) is 9.07. The molecular formula is C30H32N6. The van der Waals surface area contributed by atoms with Gasteiger partial charge < -0.3 is 14.7 Å². The summed E-state index contributed by atoms with van der Waals surface area (Å²) >= 11 is 0. The van der Waals surface area contributed by atoms with Crippen molar-refractivity contribution in [2.45, 2.75) is 19.9 Å². The summed E-state index contributed by atoms with van der Waals surface area (Å²) in [7, 11) is 4.05. The molecule has 3 aromatic rings. The Morgan fingerprint density at radius 1 is 0.833 bits per heavy atom. The van der Waals surface area contributed by atoms with Crippen LogP contribution >= 0.6 is 0 Å². The van der Waals surface area contributed by atoms with Crippen LogP contribution in [0.15, 0.2) is 112 Å². The maximum absolute atomic E-state index is 5.02. The highest BCUT2D eigenvalue weighted by Gasteiger charge is 2.31. The van der Waals surface area contributed by atoms with Gasteiger partial charge in [0.25, 0.3) is 0 Å². The van der Waals surface area contributed by atoms with Gasteiger partial charge in [0.15, 0.2) is 0 Å². The average molecular weight is 477 g/mol. The first-order chi connectivity index (χ1) is 17.6. The quantitative estimate of drug-likeness (QED) is 0.331. The van der Waals surface area contributed by atoms with E-state index in [4.69, 9.17) is 4.99 Å². The van der Waals surface area contributed by atoms with Gasteiger partial charge in [-0.15, -0.1) is 0 Å². The van der Waals surface area contributed by atoms with E-state index in [9.17, 15) is 0 Å². The van der Waals surface area contributed by atoms with Crippen LogP contribution in [-0.2, 0) is 0 Å². The highest BCUT2D eigenvalue weighted by molar-refractivity contribution is 6.10. The molecule has 5 rings (SSSR count). The van der Waals surface area contributed by atoms with E-state index < -0.39 is 0 Å². The molecule has 1 atom stereocenters. The predicted octanol–water partition coefficient (Wildman–Crippen LogP) is 7.56. The van der Waals surface area contributed by atoms with Gasteiger partial charge in [0.1, 0.15) is 0 Å². The number of nitrogens with zero attached hydrogens (tertiary/aromatic N) is 6. The normalized spacial score (nSPS) is 16.3. The van der Waals surface area contributed by atoms with E-state index in [2.05, 4.69) is 87.3 Å². The van der Waals surface area contributed by atoms with Crippen LogP contribution in [0.1, 0.15) is 13.8 Å². The molecule has 3 aromatic carbocycles. The topological polar surface area (TPSA) is 46.8 Å². The zero-order valence-electron chi connectivity index (χ0n) is 21.3. The maximum atomic E-state index is 5.02. The Hall–Kier alpha value is -4.19. The molecule has 0 bridgehead atoms. The van der Waals surface area contributed by atoms with Gasteiger partial charge in [0.2, 0.25) is 0 Å². The lowest BCUT2D eigenvalue weighted by atomic mass is 9.97. The standard InChI is InChI=1S/C30H32N6/c1-5-35(6-2)26-17-19-28-30(21-26)36(25-10-8-7-9-11-25)29-20-23(14-18-27(29)31-28)33-32-22-12-15-24(16-13-22)34(3)4/h7-21,30H,5-6H2,1-4H3. The minimum absolute atomic E-state index is 0.00580. The number of allylic oxidation sites excluding steroid dienone is 1. The van der Waals surface area contributed by atoms with Crippen LogP contribution in [-0.4, -0.2) is 43.8 Å². The van der Waals surface area contributed by atoms with Gasteiger partial charge in [-0.3, -0.25) is 0 Å². The Morgan fingerprint density at radius 3 is 2.22 bits per heavy atom. The molecule has 0 N–H and O–H groups in total. The van der Waals surface area contributed by atoms with Crippen LogP contribution in [0.2, 0.25) is 0 Å². The van der Waals surface area contributed by atoms with Gasteiger partial charge in [-0.2, -0.15) is 10.2 Å². The number of rotatable bonds is 7. The highest BCUT2D eigenvalue weighted by Crippen LogP contribution is 2.43. The van der Waals surface area contributed by atoms with E-state index >= 15 is 0 Å². The lowest BCUT2D eigenvalue weighted by Crippen LogP contribution is -2.40. The summed E-state index contributed by atoms with van der Waals surface area (Å²) < 4.78 is 0. The predicted molar refractivity (Wildman–Crippen MR) is 151 cm³/mol. The maximum Gasteiger partial charge on any atom is 0.0969 e. The van der Waals surface area contributed by atoms with Gasteiger partial charge in [-0.05, 0) is 86.7 Å². The molecule has 6 nitrogen and oxygen atoms in total. The van der Waals surface area contributed by atoms with Crippen molar-refractivity contribution >= 4 is 39.8 Å². The number of likely N-dealkylation sites (N-methyl/N-ethyl adjacent to an activating group) is 1. The summed E-state index contributed by atoms with van der Waals surface area (Å²) in [6.07, 6.45) is 6.66. The fourth-order valence-electron chi connectivity index (χ4n) is 4.65. The second kappa shape index (κ2) is 10.2. The zero-order valence-corrected chi connectivity index (χ0v) is 21.3. The van der Waals surface area contributed by atoms with E-state index in [-0.39, 0.29) is 6.04 Å². The molecule has 0 saturated heterocycles. The van der Waals surface area contributed by atoms with Gasteiger partial charge >= 0.3 is 0 Å². The van der Waals surface area contributed by atoms with Gasteiger partial charge in [-0.1, -0.05) is 18.2 Å². The number of azo groups is 1. The van der Waals surface area contributed by atoms with E-state index in [1.807, 2.05) is 56.6 Å². The Kier molecular flexibility index (Phi) is 6.67. The molecule has 2 aliphatic rings. The number of aliphatic imine (C=N–C) groups is 1. The number of benzene rings is 3. The van der Waals surface area contributed by atoms with Crippen LogP contribution in [0.25, 0.3) is 0 Å². The van der Waals surface area contributed by atoms with E-state index in [1.54, 1.807) is 0 Å². The monoisotopic (exact) mass is 476 g/mol. The van der Waals surface area contributed by atoms with Crippen LogP contribution < -0.4 is 9.80 Å². The van der Waals surface area contributed by atoms with Crippen molar-refractivity contribution in [3.8, 4) is 0 Å². The van der Waals surface area contributed by atoms with Crippen molar-refractivity contribution in [1.82, 2.24) is 4.90 Å². The fraction of sp³-hybridized carbons (Fsp3) is 0.233. The van der Waals surface area contributed by atoms with Crippen molar-refractivity contribution in [3.05, 3.63) is 96.7 Å². The highest BCUT2D eigenvalue weighted by atomic mass is 15.2. The lowest BCUT2D eigenvalue weighted by Gasteiger charge is -2.39. The molecule has 1 unspecified atom stereocenters. The van der Waals surface area contributed by atoms with Crippen LogP contribution in [0, 0.1) is 0 Å². The van der Waals surface area contributed by atoms with Gasteiger partial charge in [-0.25, -0.2) is 4.99 Å². The molecule has 0 amide bonds. The first kappa shape index (κ1) is 23.5. The smallest absolute Gasteiger partial charge is 0.0969 e. The molecule has 0 radical (unpaired) electrons. The second-order valence-corrected chi connectivity index (χ2v) is 9.07. The molecule has 0 saturated carbocycles. The summed E-state index contributed by atoms with van der Waals surface area (Å²) in [5, 5.41) is 9.04. The Morgan fingerprint density at radius 2 is 1.53 bits per heavy atom. The summed E-state index contributed by atoms with van der Waals surface area (Å²) in [6.45, 7) is 6.32. The molecule has 0 aromatic heterocycles. The molecule has 36 heavy (non-hydrogen) atoms. The van der Waals surface area contributed by atoms with Crippen molar-refractivity contribution in [1.29, 1.82) is 0 Å². The van der Waals surface area contributed by atoms with Crippen LogP contribution in [0.4, 0.5) is 34.1 Å². The number of hydrogen-bond donors (Lipinski definition) is 0. The summed E-state index contributed by atoms with van der Waals surface area (Å²) in [4.78, 5) is 11.8.